The lowest BCUT2D eigenvalue weighted by Gasteiger charge is -2.37. The molecule has 3 atom stereocenters. The zero-order valence-corrected chi connectivity index (χ0v) is 22.1. The fourth-order valence-corrected chi connectivity index (χ4v) is 3.69. The molecule has 1 aromatic heterocycles. The Morgan fingerprint density at radius 3 is 1.76 bits per heavy atom. The Morgan fingerprint density at radius 2 is 1.38 bits per heavy atom. The molecule has 11 nitrogen and oxygen atoms in total. The van der Waals surface area contributed by atoms with Crippen LogP contribution in [-0.2, 0) is 25.7 Å². The minimum atomic E-state index is -5.08. The van der Waals surface area contributed by atoms with E-state index in [0.29, 0.717) is 17.9 Å². The largest absolute Gasteiger partial charge is 0.490 e. The molecule has 0 amide bonds. The van der Waals surface area contributed by atoms with Gasteiger partial charge >= 0.3 is 36.4 Å². The fraction of sp³-hybridized carbons (Fsp3) is 0.636. The fourth-order valence-electron chi connectivity index (χ4n) is 3.69. The van der Waals surface area contributed by atoms with Crippen molar-refractivity contribution in [2.24, 2.45) is 11.8 Å². The summed E-state index contributed by atoms with van der Waals surface area (Å²) in [6.45, 7) is 4.90. The number of halogens is 9. The number of pyridine rings is 1. The van der Waals surface area contributed by atoms with Crippen molar-refractivity contribution < 1.29 is 78.7 Å². The molecule has 0 unspecified atom stereocenters. The van der Waals surface area contributed by atoms with Crippen molar-refractivity contribution in [3.63, 3.8) is 0 Å². The number of hydrogen-bond acceptors (Lipinski definition) is 8. The zero-order valence-electron chi connectivity index (χ0n) is 22.1. The van der Waals surface area contributed by atoms with Crippen molar-refractivity contribution in [1.82, 2.24) is 14.8 Å². The first-order valence-electron chi connectivity index (χ1n) is 11.4. The summed E-state index contributed by atoms with van der Waals surface area (Å²) >= 11 is 0. The highest BCUT2D eigenvalue weighted by Gasteiger charge is 2.42. The third kappa shape index (κ3) is 14.0. The van der Waals surface area contributed by atoms with Crippen LogP contribution in [0.5, 0.6) is 5.88 Å². The maximum Gasteiger partial charge on any atom is 0.490 e. The van der Waals surface area contributed by atoms with Gasteiger partial charge in [-0.1, -0.05) is 6.07 Å². The van der Waals surface area contributed by atoms with Gasteiger partial charge in [0.15, 0.2) is 0 Å². The highest BCUT2D eigenvalue weighted by molar-refractivity contribution is 5.73. The molecule has 0 saturated carbocycles. The van der Waals surface area contributed by atoms with Crippen LogP contribution in [-0.4, -0.2) is 120 Å². The molecule has 1 aromatic rings. The zero-order chi connectivity index (χ0) is 33.1. The van der Waals surface area contributed by atoms with Gasteiger partial charge in [-0.2, -0.15) is 39.5 Å². The average molecular weight is 633 g/mol. The maximum atomic E-state index is 10.6. The lowest BCUT2D eigenvalue weighted by Crippen LogP contribution is -2.47. The minimum absolute atomic E-state index is 0.532. The summed E-state index contributed by atoms with van der Waals surface area (Å²) in [7, 11) is 6.00. The van der Waals surface area contributed by atoms with Crippen LogP contribution in [0.3, 0.4) is 0 Å². The van der Waals surface area contributed by atoms with Crippen molar-refractivity contribution >= 4 is 17.9 Å². The molecule has 0 radical (unpaired) electrons. The SMILES string of the molecule is COc1ncccc1CN1C[C@@H]2COC[C@H](N(C)C)[C@@H]2C1.O=C(O)C(F)(F)F.O=C(O)C(F)(F)F.O=C(O)C(F)(F)F. The number of rotatable bonds is 4. The first kappa shape index (κ1) is 38.6. The number of methoxy groups -OCH3 is 1. The molecule has 2 aliphatic heterocycles. The van der Waals surface area contributed by atoms with Crippen molar-refractivity contribution in [1.29, 1.82) is 0 Å². The van der Waals surface area contributed by atoms with Gasteiger partial charge in [-0.25, -0.2) is 19.4 Å². The molecule has 20 heteroatoms. The summed E-state index contributed by atoms with van der Waals surface area (Å²) in [4.78, 5) is 35.8. The second kappa shape index (κ2) is 16.3. The topological polar surface area (TPSA) is 150 Å². The molecule has 0 aliphatic carbocycles. The van der Waals surface area contributed by atoms with Gasteiger partial charge in [-0.3, -0.25) is 4.90 Å². The number of likely N-dealkylation sites (N-methyl/N-ethyl adjacent to an activating group) is 1. The quantitative estimate of drug-likeness (QED) is 0.420. The number of ether oxygens (including phenoxy) is 2. The minimum Gasteiger partial charge on any atom is -0.481 e. The van der Waals surface area contributed by atoms with E-state index < -0.39 is 36.4 Å². The molecular formula is C22H28F9N3O8. The van der Waals surface area contributed by atoms with Gasteiger partial charge in [0.1, 0.15) is 0 Å². The number of carbonyl (C=O) groups is 3. The van der Waals surface area contributed by atoms with Crippen LogP contribution in [0.2, 0.25) is 0 Å². The molecule has 2 fully saturated rings. The smallest absolute Gasteiger partial charge is 0.481 e. The van der Waals surface area contributed by atoms with Crippen LogP contribution in [0.1, 0.15) is 5.56 Å². The van der Waals surface area contributed by atoms with Crippen LogP contribution >= 0.6 is 0 Å². The number of aliphatic carboxylic acids is 3. The van der Waals surface area contributed by atoms with E-state index in [1.54, 1.807) is 13.3 Å². The molecule has 3 N–H and O–H groups in total. The second-order valence-electron chi connectivity index (χ2n) is 8.77. The highest BCUT2D eigenvalue weighted by Crippen LogP contribution is 2.33. The third-order valence-electron chi connectivity index (χ3n) is 5.51. The molecule has 3 rings (SSSR count). The van der Waals surface area contributed by atoms with E-state index in [9.17, 15) is 39.5 Å². The molecule has 242 valence electrons. The number of fused-ring (bicyclic) bond motifs is 1. The molecule has 0 aromatic carbocycles. The number of carboxylic acids is 3. The van der Waals surface area contributed by atoms with Crippen molar-refractivity contribution in [2.45, 2.75) is 31.1 Å². The Labute approximate surface area is 232 Å². The van der Waals surface area contributed by atoms with Crippen LogP contribution in [0.25, 0.3) is 0 Å². The number of likely N-dealkylation sites (tertiary alicyclic amines) is 1. The molecular weight excluding hydrogens is 605 g/mol. The highest BCUT2D eigenvalue weighted by atomic mass is 19.4. The molecule has 0 spiro atoms. The van der Waals surface area contributed by atoms with Crippen molar-refractivity contribution in [2.75, 3.05) is 47.5 Å². The normalized spacial score (nSPS) is 20.5. The second-order valence-corrected chi connectivity index (χ2v) is 8.77. The summed E-state index contributed by atoms with van der Waals surface area (Å²) in [5.74, 6) is -6.18. The van der Waals surface area contributed by atoms with Gasteiger partial charge in [0.05, 0.1) is 20.3 Å². The Bertz CT molecular complexity index is 963. The predicted molar refractivity (Wildman–Crippen MR) is 122 cm³/mol. The Hall–Kier alpha value is -3.39. The Morgan fingerprint density at radius 1 is 0.929 bits per heavy atom. The van der Waals surface area contributed by atoms with Gasteiger partial charge in [0.25, 0.3) is 0 Å². The average Bonchev–Trinajstić information content (AvgIpc) is 3.26. The summed E-state index contributed by atoms with van der Waals surface area (Å²) in [5.41, 5.74) is 1.17. The van der Waals surface area contributed by atoms with E-state index in [1.165, 1.54) is 5.56 Å². The van der Waals surface area contributed by atoms with E-state index in [-0.39, 0.29) is 0 Å². The van der Waals surface area contributed by atoms with Crippen LogP contribution in [0, 0.1) is 11.8 Å². The summed E-state index contributed by atoms with van der Waals surface area (Å²) in [6, 6.07) is 4.62. The van der Waals surface area contributed by atoms with Crippen molar-refractivity contribution in [3.8, 4) is 5.88 Å². The number of carboxylic acid groups (broad SMARTS) is 3. The lowest BCUT2D eigenvalue weighted by molar-refractivity contribution is -0.193. The lowest BCUT2D eigenvalue weighted by atomic mass is 9.87. The first-order valence-corrected chi connectivity index (χ1v) is 11.4. The van der Waals surface area contributed by atoms with Gasteiger partial charge in [-0.15, -0.1) is 0 Å². The standard InChI is InChI=1S/C16H25N3O2.3C2HF3O2/c1-18(2)15-11-21-10-13-8-19(9-14(13)15)7-12-5-4-6-17-16(12)20-3;3*3-2(4,5)1(6)7/h4-6,13-15H,7-11H2,1-3H3;3*(H,6,7)/t13-,14-,15+;;;/m1.../s1. The Kier molecular flexibility index (Phi) is 15.0. The molecule has 2 aliphatic rings. The third-order valence-corrected chi connectivity index (χ3v) is 5.51. The first-order chi connectivity index (χ1) is 19.0. The monoisotopic (exact) mass is 633 g/mol. The Balaban J connectivity index is 0.000000660. The van der Waals surface area contributed by atoms with E-state index in [0.717, 1.165) is 38.7 Å². The van der Waals surface area contributed by atoms with Crippen LogP contribution in [0.15, 0.2) is 18.3 Å². The number of nitrogens with zero attached hydrogens (tertiary/aromatic N) is 3. The van der Waals surface area contributed by atoms with E-state index in [4.69, 9.17) is 39.2 Å². The summed E-state index contributed by atoms with van der Waals surface area (Å²) in [5, 5.41) is 21.4. The van der Waals surface area contributed by atoms with Crippen LogP contribution in [0.4, 0.5) is 39.5 Å². The van der Waals surface area contributed by atoms with E-state index in [2.05, 4.69) is 34.9 Å². The summed E-state index contributed by atoms with van der Waals surface area (Å²) < 4.78 is 106. The van der Waals surface area contributed by atoms with Gasteiger partial charge in [-0.05, 0) is 26.1 Å². The van der Waals surface area contributed by atoms with Crippen LogP contribution < -0.4 is 4.74 Å². The summed E-state index contributed by atoms with van der Waals surface area (Å²) in [6.07, 6.45) is -13.5. The van der Waals surface area contributed by atoms with Gasteiger partial charge < -0.3 is 29.7 Å². The molecule has 42 heavy (non-hydrogen) atoms. The van der Waals surface area contributed by atoms with Gasteiger partial charge in [0, 0.05) is 43.4 Å². The molecule has 3 heterocycles. The van der Waals surface area contributed by atoms with E-state index in [1.807, 2.05) is 6.07 Å². The molecule has 0 bridgehead atoms. The number of alkyl halides is 9. The van der Waals surface area contributed by atoms with E-state index >= 15 is 0 Å². The van der Waals surface area contributed by atoms with Gasteiger partial charge in [0.2, 0.25) is 5.88 Å². The number of aromatic nitrogens is 1. The van der Waals surface area contributed by atoms with Crippen molar-refractivity contribution in [3.05, 3.63) is 23.9 Å². The molecule has 2 saturated heterocycles. The number of hydrogen-bond donors (Lipinski definition) is 3. The maximum absolute atomic E-state index is 10.6. The predicted octanol–water partition coefficient (Wildman–Crippen LogP) is 3.00.